The van der Waals surface area contributed by atoms with Gasteiger partial charge in [0.2, 0.25) is 0 Å². The number of methoxy groups -OCH3 is 1. The molecule has 0 amide bonds. The molecular weight excluding hydrogens is 255 g/mol. The van der Waals surface area contributed by atoms with E-state index in [1.807, 2.05) is 6.92 Å². The topological polar surface area (TPSA) is 21.3 Å². The average Bonchev–Trinajstić information content (AvgIpc) is 2.38. The lowest BCUT2D eigenvalue weighted by atomic mass is 9.95. The lowest BCUT2D eigenvalue weighted by Gasteiger charge is -2.22. The number of hydrogen-bond acceptors (Lipinski definition) is 2. The maximum atomic E-state index is 13.0. The third-order valence-electron chi connectivity index (χ3n) is 3.25. The molecule has 0 saturated heterocycles. The van der Waals surface area contributed by atoms with E-state index in [2.05, 4.69) is 5.32 Å². The SMILES string of the molecule is CNC(CCC(C)OC)c1ccccc1C(F)(F)F. The molecule has 0 aliphatic carbocycles. The van der Waals surface area contributed by atoms with Crippen LogP contribution < -0.4 is 5.32 Å². The highest BCUT2D eigenvalue weighted by atomic mass is 19.4. The van der Waals surface area contributed by atoms with Gasteiger partial charge in [0.15, 0.2) is 0 Å². The van der Waals surface area contributed by atoms with E-state index in [4.69, 9.17) is 4.74 Å². The summed E-state index contributed by atoms with van der Waals surface area (Å²) in [4.78, 5) is 0. The Labute approximate surface area is 112 Å². The minimum absolute atomic E-state index is 0.0360. The molecule has 0 saturated carbocycles. The minimum atomic E-state index is -4.32. The number of benzene rings is 1. The Morgan fingerprint density at radius 1 is 1.21 bits per heavy atom. The van der Waals surface area contributed by atoms with Gasteiger partial charge in [-0.3, -0.25) is 0 Å². The number of nitrogens with one attached hydrogen (secondary N) is 1. The molecule has 0 aromatic heterocycles. The van der Waals surface area contributed by atoms with E-state index in [-0.39, 0.29) is 12.1 Å². The van der Waals surface area contributed by atoms with Gasteiger partial charge in [-0.15, -0.1) is 0 Å². The molecule has 1 aromatic carbocycles. The van der Waals surface area contributed by atoms with Crippen LogP contribution in [0.5, 0.6) is 0 Å². The van der Waals surface area contributed by atoms with E-state index in [0.29, 0.717) is 18.4 Å². The molecule has 108 valence electrons. The number of hydrogen-bond donors (Lipinski definition) is 1. The molecule has 0 heterocycles. The highest BCUT2D eigenvalue weighted by Crippen LogP contribution is 2.35. The van der Waals surface area contributed by atoms with Gasteiger partial charge < -0.3 is 10.1 Å². The second-order valence-corrected chi connectivity index (χ2v) is 4.55. The maximum absolute atomic E-state index is 13.0. The van der Waals surface area contributed by atoms with Crippen LogP contribution in [0.15, 0.2) is 24.3 Å². The van der Waals surface area contributed by atoms with Crippen LogP contribution in [0.2, 0.25) is 0 Å². The van der Waals surface area contributed by atoms with Crippen LogP contribution in [0, 0.1) is 0 Å². The molecule has 0 fully saturated rings. The summed E-state index contributed by atoms with van der Waals surface area (Å²) in [5.74, 6) is 0. The summed E-state index contributed by atoms with van der Waals surface area (Å²) in [5.41, 5.74) is -0.278. The third-order valence-corrected chi connectivity index (χ3v) is 3.25. The third kappa shape index (κ3) is 4.51. The van der Waals surface area contributed by atoms with Crippen LogP contribution in [0.4, 0.5) is 13.2 Å². The Kier molecular flexibility index (Phi) is 5.82. The smallest absolute Gasteiger partial charge is 0.382 e. The molecule has 0 bridgehead atoms. The summed E-state index contributed by atoms with van der Waals surface area (Å²) in [5, 5.41) is 2.95. The average molecular weight is 275 g/mol. The zero-order chi connectivity index (χ0) is 14.5. The fourth-order valence-corrected chi connectivity index (χ4v) is 2.03. The van der Waals surface area contributed by atoms with Crippen molar-refractivity contribution >= 4 is 0 Å². The van der Waals surface area contributed by atoms with Crippen LogP contribution in [0.3, 0.4) is 0 Å². The number of halogens is 3. The van der Waals surface area contributed by atoms with Gasteiger partial charge in [0.1, 0.15) is 0 Å². The van der Waals surface area contributed by atoms with Gasteiger partial charge in [-0.1, -0.05) is 18.2 Å². The van der Waals surface area contributed by atoms with Gasteiger partial charge in [-0.2, -0.15) is 13.2 Å². The van der Waals surface area contributed by atoms with Crippen molar-refractivity contribution in [3.05, 3.63) is 35.4 Å². The number of rotatable bonds is 6. The van der Waals surface area contributed by atoms with E-state index in [1.54, 1.807) is 20.2 Å². The quantitative estimate of drug-likeness (QED) is 0.853. The molecule has 2 unspecified atom stereocenters. The molecule has 1 aromatic rings. The first kappa shape index (κ1) is 16.0. The molecular formula is C14H20F3NO. The van der Waals surface area contributed by atoms with Crippen LogP contribution >= 0.6 is 0 Å². The second kappa shape index (κ2) is 6.91. The van der Waals surface area contributed by atoms with Gasteiger partial charge in [-0.05, 0) is 38.4 Å². The van der Waals surface area contributed by atoms with Crippen LogP contribution in [-0.2, 0) is 10.9 Å². The second-order valence-electron chi connectivity index (χ2n) is 4.55. The molecule has 5 heteroatoms. The van der Waals surface area contributed by atoms with Gasteiger partial charge in [0.05, 0.1) is 11.7 Å². The normalized spacial score (nSPS) is 15.3. The Balaban J connectivity index is 2.92. The summed E-state index contributed by atoms with van der Waals surface area (Å²) in [7, 11) is 3.28. The Morgan fingerprint density at radius 3 is 2.37 bits per heavy atom. The predicted octanol–water partition coefficient (Wildman–Crippen LogP) is 3.78. The zero-order valence-electron chi connectivity index (χ0n) is 11.4. The van der Waals surface area contributed by atoms with Gasteiger partial charge in [0.25, 0.3) is 0 Å². The van der Waals surface area contributed by atoms with Crippen LogP contribution in [0.25, 0.3) is 0 Å². The summed E-state index contributed by atoms with van der Waals surface area (Å²) >= 11 is 0. The fourth-order valence-electron chi connectivity index (χ4n) is 2.03. The van der Waals surface area contributed by atoms with Gasteiger partial charge in [-0.25, -0.2) is 0 Å². The maximum Gasteiger partial charge on any atom is 0.416 e. The van der Waals surface area contributed by atoms with E-state index < -0.39 is 11.7 Å². The van der Waals surface area contributed by atoms with Crippen LogP contribution in [0.1, 0.15) is 36.9 Å². The van der Waals surface area contributed by atoms with Crippen molar-refractivity contribution in [1.82, 2.24) is 5.32 Å². The monoisotopic (exact) mass is 275 g/mol. The highest BCUT2D eigenvalue weighted by Gasteiger charge is 2.34. The van der Waals surface area contributed by atoms with Gasteiger partial charge in [0, 0.05) is 13.2 Å². The van der Waals surface area contributed by atoms with Crippen molar-refractivity contribution in [2.24, 2.45) is 0 Å². The molecule has 1 N–H and O–H groups in total. The summed E-state index contributed by atoms with van der Waals surface area (Å²) < 4.78 is 44.0. The highest BCUT2D eigenvalue weighted by molar-refractivity contribution is 5.32. The van der Waals surface area contributed by atoms with Gasteiger partial charge >= 0.3 is 6.18 Å². The van der Waals surface area contributed by atoms with Crippen molar-refractivity contribution < 1.29 is 17.9 Å². The summed E-state index contributed by atoms with van der Waals surface area (Å²) in [6.07, 6.45) is -2.99. The Bertz CT molecular complexity index is 393. The first-order valence-electron chi connectivity index (χ1n) is 6.26. The molecule has 19 heavy (non-hydrogen) atoms. The van der Waals surface area contributed by atoms with Crippen molar-refractivity contribution in [3.8, 4) is 0 Å². The lowest BCUT2D eigenvalue weighted by Crippen LogP contribution is -2.22. The van der Waals surface area contributed by atoms with E-state index in [9.17, 15) is 13.2 Å². The number of alkyl halides is 3. The Morgan fingerprint density at radius 2 is 1.84 bits per heavy atom. The number of ether oxygens (including phenoxy) is 1. The Hall–Kier alpha value is -1.07. The molecule has 0 radical (unpaired) electrons. The van der Waals surface area contributed by atoms with Crippen molar-refractivity contribution in [2.75, 3.05) is 14.2 Å². The summed E-state index contributed by atoms with van der Waals surface area (Å²) in [6.45, 7) is 1.91. The van der Waals surface area contributed by atoms with E-state index >= 15 is 0 Å². The lowest BCUT2D eigenvalue weighted by molar-refractivity contribution is -0.138. The molecule has 2 atom stereocenters. The zero-order valence-corrected chi connectivity index (χ0v) is 11.4. The van der Waals surface area contributed by atoms with Crippen molar-refractivity contribution in [2.45, 2.75) is 38.1 Å². The van der Waals surface area contributed by atoms with Crippen LogP contribution in [-0.4, -0.2) is 20.3 Å². The van der Waals surface area contributed by atoms with E-state index in [0.717, 1.165) is 6.07 Å². The first-order valence-corrected chi connectivity index (χ1v) is 6.26. The largest absolute Gasteiger partial charge is 0.416 e. The summed E-state index contributed by atoms with van der Waals surface area (Å²) in [6, 6.07) is 5.38. The molecule has 1 rings (SSSR count). The molecule has 0 spiro atoms. The molecule has 0 aliphatic rings. The standard InChI is InChI=1S/C14H20F3NO/c1-10(19-3)8-9-13(18-2)11-6-4-5-7-12(11)14(15,16)17/h4-7,10,13,18H,8-9H2,1-3H3. The fraction of sp³-hybridized carbons (Fsp3) is 0.571. The van der Waals surface area contributed by atoms with Crippen molar-refractivity contribution in [3.63, 3.8) is 0 Å². The van der Waals surface area contributed by atoms with E-state index in [1.165, 1.54) is 12.1 Å². The minimum Gasteiger partial charge on any atom is -0.382 e. The molecule has 0 aliphatic heterocycles. The predicted molar refractivity (Wildman–Crippen MR) is 68.9 cm³/mol. The first-order chi connectivity index (χ1) is 8.90. The molecule has 2 nitrogen and oxygen atoms in total. The van der Waals surface area contributed by atoms with Crippen molar-refractivity contribution in [1.29, 1.82) is 0 Å².